The first-order chi connectivity index (χ1) is 10.0. The van der Waals surface area contributed by atoms with Gasteiger partial charge in [0.25, 0.3) is 0 Å². The molecule has 0 amide bonds. The number of hydrogen-bond donors (Lipinski definition) is 2. The molecule has 3 heterocycles. The number of carbonyl (C=O) groups excluding carboxylic acids is 2. The molecule has 0 unspecified atom stereocenters. The fraction of sp³-hybridized carbons (Fsp3) is 0.286. The summed E-state index contributed by atoms with van der Waals surface area (Å²) in [7, 11) is 0. The van der Waals surface area contributed by atoms with Crippen LogP contribution in [0.2, 0.25) is 0 Å². The summed E-state index contributed by atoms with van der Waals surface area (Å²) in [6.07, 6.45) is 0. The molecule has 0 bridgehead atoms. The van der Waals surface area contributed by atoms with E-state index in [0.717, 1.165) is 5.56 Å². The van der Waals surface area contributed by atoms with Gasteiger partial charge in [0.2, 0.25) is 0 Å². The Hall–Kier alpha value is -2.28. The zero-order chi connectivity index (χ0) is 15.1. The van der Waals surface area contributed by atoms with Crippen molar-refractivity contribution in [1.29, 1.82) is 0 Å². The number of carbonyl (C=O) groups is 2. The molecular weight excluding hydrogens is 296 g/mol. The van der Waals surface area contributed by atoms with E-state index in [1.807, 2.05) is 18.4 Å². The highest BCUT2D eigenvalue weighted by molar-refractivity contribution is 7.10. The van der Waals surface area contributed by atoms with Crippen molar-refractivity contribution in [3.05, 3.63) is 44.6 Å². The van der Waals surface area contributed by atoms with E-state index >= 15 is 0 Å². The monoisotopic (exact) mass is 308 g/mol. The first-order valence-corrected chi connectivity index (χ1v) is 7.11. The molecule has 0 radical (unpaired) electrons. The van der Waals surface area contributed by atoms with Gasteiger partial charge in [-0.2, -0.15) is 0 Å². The molecule has 0 atom stereocenters. The van der Waals surface area contributed by atoms with E-state index in [0.29, 0.717) is 4.88 Å². The largest absolute Gasteiger partial charge is 0.508 e. The third-order valence-electron chi connectivity index (χ3n) is 3.48. The van der Waals surface area contributed by atoms with Crippen LogP contribution in [0.1, 0.15) is 16.4 Å². The Morgan fingerprint density at radius 2 is 1.62 bits per heavy atom. The van der Waals surface area contributed by atoms with Crippen molar-refractivity contribution < 1.29 is 29.3 Å². The first-order valence-electron chi connectivity index (χ1n) is 6.23. The van der Waals surface area contributed by atoms with Crippen molar-refractivity contribution in [3.8, 4) is 0 Å². The summed E-state index contributed by atoms with van der Waals surface area (Å²) in [5, 5.41) is 21.7. The van der Waals surface area contributed by atoms with Gasteiger partial charge in [0.05, 0.1) is 17.1 Å². The second-order valence-corrected chi connectivity index (χ2v) is 5.72. The topological polar surface area (TPSA) is 93.1 Å². The molecule has 110 valence electrons. The van der Waals surface area contributed by atoms with Gasteiger partial charge in [0.15, 0.2) is 0 Å². The molecule has 0 fully saturated rings. The first kappa shape index (κ1) is 13.7. The van der Waals surface area contributed by atoms with Crippen molar-refractivity contribution in [3.63, 3.8) is 0 Å². The number of aliphatic hydroxyl groups is 2. The lowest BCUT2D eigenvalue weighted by Gasteiger charge is -2.16. The number of cyclic esters (lactones) is 2. The number of aliphatic hydroxyl groups excluding tert-OH is 2. The minimum atomic E-state index is -0.866. The van der Waals surface area contributed by atoms with Gasteiger partial charge in [0.1, 0.15) is 24.7 Å². The molecule has 0 spiro atoms. The van der Waals surface area contributed by atoms with E-state index in [1.54, 1.807) is 0 Å². The Bertz CT molecular complexity index is 656. The Morgan fingerprint density at radius 1 is 1.10 bits per heavy atom. The standard InChI is InChI=1S/C14H12O6S/c1-6-2-3-21-12(6)11(9-7(15)4-19-13(9)17)10-8(16)5-20-14(10)18/h2-3,11,15-16H,4-5H2,1H3. The zero-order valence-corrected chi connectivity index (χ0v) is 11.9. The fourth-order valence-electron chi connectivity index (χ4n) is 2.47. The summed E-state index contributed by atoms with van der Waals surface area (Å²) in [5.74, 6) is -2.69. The minimum absolute atomic E-state index is 0.0130. The predicted octanol–water partition coefficient (Wildman–Crippen LogP) is 1.88. The molecule has 0 aliphatic carbocycles. The van der Waals surface area contributed by atoms with Gasteiger partial charge in [-0.1, -0.05) is 0 Å². The molecule has 2 aliphatic rings. The van der Waals surface area contributed by atoms with Gasteiger partial charge in [-0.25, -0.2) is 9.59 Å². The highest BCUT2D eigenvalue weighted by Gasteiger charge is 2.42. The Morgan fingerprint density at radius 3 is 1.95 bits per heavy atom. The van der Waals surface area contributed by atoms with E-state index in [-0.39, 0.29) is 35.9 Å². The fourth-order valence-corrected chi connectivity index (χ4v) is 3.51. The summed E-state index contributed by atoms with van der Waals surface area (Å²) >= 11 is 1.33. The molecule has 0 aromatic carbocycles. The van der Waals surface area contributed by atoms with E-state index in [4.69, 9.17) is 9.47 Å². The van der Waals surface area contributed by atoms with Gasteiger partial charge in [-0.05, 0) is 23.9 Å². The van der Waals surface area contributed by atoms with Crippen molar-refractivity contribution in [2.45, 2.75) is 12.8 Å². The molecule has 7 heteroatoms. The molecule has 3 rings (SSSR count). The van der Waals surface area contributed by atoms with E-state index in [1.165, 1.54) is 11.3 Å². The maximum atomic E-state index is 11.9. The maximum Gasteiger partial charge on any atom is 0.339 e. The summed E-state index contributed by atoms with van der Waals surface area (Å²) in [6.45, 7) is 1.38. The lowest BCUT2D eigenvalue weighted by Crippen LogP contribution is -2.17. The molecule has 0 saturated carbocycles. The smallest absolute Gasteiger partial charge is 0.339 e. The van der Waals surface area contributed by atoms with Crippen LogP contribution in [0.5, 0.6) is 0 Å². The van der Waals surface area contributed by atoms with Crippen LogP contribution in [-0.2, 0) is 19.1 Å². The van der Waals surface area contributed by atoms with Gasteiger partial charge < -0.3 is 19.7 Å². The number of rotatable bonds is 3. The van der Waals surface area contributed by atoms with Crippen LogP contribution in [0.15, 0.2) is 34.1 Å². The Kier molecular flexibility index (Phi) is 3.21. The predicted molar refractivity (Wildman–Crippen MR) is 73.0 cm³/mol. The Balaban J connectivity index is 2.20. The highest BCUT2D eigenvalue weighted by atomic mass is 32.1. The van der Waals surface area contributed by atoms with Crippen LogP contribution in [-0.4, -0.2) is 35.4 Å². The molecule has 1 aromatic heterocycles. The summed E-state index contributed by atoms with van der Waals surface area (Å²) < 4.78 is 9.62. The second kappa shape index (κ2) is 4.92. The number of hydrogen-bond acceptors (Lipinski definition) is 7. The van der Waals surface area contributed by atoms with Crippen molar-refractivity contribution in [2.24, 2.45) is 0 Å². The summed E-state index contributed by atoms with van der Waals surface area (Å²) in [5.41, 5.74) is 0.826. The van der Waals surface area contributed by atoms with E-state index < -0.39 is 17.9 Å². The number of aryl methyl sites for hydroxylation is 1. The van der Waals surface area contributed by atoms with Crippen LogP contribution in [0.25, 0.3) is 0 Å². The minimum Gasteiger partial charge on any atom is -0.508 e. The van der Waals surface area contributed by atoms with Crippen molar-refractivity contribution >= 4 is 23.3 Å². The zero-order valence-electron chi connectivity index (χ0n) is 11.1. The van der Waals surface area contributed by atoms with Crippen LogP contribution < -0.4 is 0 Å². The third-order valence-corrected chi connectivity index (χ3v) is 4.57. The SMILES string of the molecule is Cc1ccsc1C(C1=C(O)COC1=O)C1=C(O)COC1=O. The van der Waals surface area contributed by atoms with Crippen LogP contribution in [0.3, 0.4) is 0 Å². The molecule has 2 aliphatic heterocycles. The lowest BCUT2D eigenvalue weighted by molar-refractivity contribution is -0.136. The van der Waals surface area contributed by atoms with Crippen molar-refractivity contribution in [1.82, 2.24) is 0 Å². The molecule has 1 aromatic rings. The van der Waals surface area contributed by atoms with Gasteiger partial charge in [-0.3, -0.25) is 0 Å². The summed E-state index contributed by atoms with van der Waals surface area (Å²) in [4.78, 5) is 24.5. The van der Waals surface area contributed by atoms with Gasteiger partial charge >= 0.3 is 11.9 Å². The lowest BCUT2D eigenvalue weighted by atomic mass is 9.87. The normalized spacial score (nSPS) is 18.8. The number of esters is 2. The van der Waals surface area contributed by atoms with Crippen LogP contribution >= 0.6 is 11.3 Å². The molecule has 6 nitrogen and oxygen atoms in total. The van der Waals surface area contributed by atoms with Gasteiger partial charge in [0, 0.05) is 4.88 Å². The number of ether oxygens (including phenoxy) is 2. The number of thiophene rings is 1. The molecular formula is C14H12O6S. The average molecular weight is 308 g/mol. The average Bonchev–Trinajstić information content (AvgIpc) is 3.09. The van der Waals surface area contributed by atoms with Crippen LogP contribution in [0.4, 0.5) is 0 Å². The summed E-state index contributed by atoms with van der Waals surface area (Å²) in [6, 6.07) is 1.84. The van der Waals surface area contributed by atoms with E-state index in [2.05, 4.69) is 0 Å². The quantitative estimate of drug-likeness (QED) is 0.828. The van der Waals surface area contributed by atoms with Gasteiger partial charge in [-0.15, -0.1) is 11.3 Å². The molecule has 0 saturated heterocycles. The second-order valence-electron chi connectivity index (χ2n) is 4.77. The third kappa shape index (κ3) is 2.09. The Labute approximate surface area is 123 Å². The highest BCUT2D eigenvalue weighted by Crippen LogP contribution is 2.43. The molecule has 21 heavy (non-hydrogen) atoms. The molecule has 2 N–H and O–H groups in total. The maximum absolute atomic E-state index is 11.9. The van der Waals surface area contributed by atoms with Crippen molar-refractivity contribution in [2.75, 3.05) is 13.2 Å². The van der Waals surface area contributed by atoms with Crippen LogP contribution in [0, 0.1) is 6.92 Å². The van der Waals surface area contributed by atoms with E-state index in [9.17, 15) is 19.8 Å².